The molecule has 1 unspecified atom stereocenters. The topological polar surface area (TPSA) is 85.7 Å². The highest BCUT2D eigenvalue weighted by atomic mass is 35.5. The Bertz CT molecular complexity index is 1320. The Morgan fingerprint density at radius 2 is 1.85 bits per heavy atom. The highest BCUT2D eigenvalue weighted by Gasteiger charge is 2.32. The van der Waals surface area contributed by atoms with Crippen molar-refractivity contribution in [2.75, 3.05) is 6.61 Å². The van der Waals surface area contributed by atoms with Gasteiger partial charge >= 0.3 is 6.18 Å². The summed E-state index contributed by atoms with van der Waals surface area (Å²) in [5.74, 6) is 0.296. The molecule has 0 aliphatic rings. The largest absolute Gasteiger partial charge is 0.489 e. The number of nitrogens with zero attached hydrogens (tertiary/aromatic N) is 4. The van der Waals surface area contributed by atoms with Gasteiger partial charge in [-0.2, -0.15) is 18.2 Å². The molecule has 0 saturated heterocycles. The molecule has 7 nitrogen and oxygen atoms in total. The van der Waals surface area contributed by atoms with Crippen molar-refractivity contribution in [1.82, 2.24) is 19.5 Å². The van der Waals surface area contributed by atoms with E-state index in [1.165, 1.54) is 18.3 Å². The second kappa shape index (κ2) is 9.02. The van der Waals surface area contributed by atoms with E-state index < -0.39 is 17.8 Å². The summed E-state index contributed by atoms with van der Waals surface area (Å²) in [5, 5.41) is 13.7. The average molecular weight is 522 g/mol. The van der Waals surface area contributed by atoms with Crippen LogP contribution in [0.5, 0.6) is 5.75 Å². The summed E-state index contributed by atoms with van der Waals surface area (Å²) in [7, 11) is 0. The number of fused-ring (bicyclic) bond motifs is 1. The number of pyridine rings is 1. The zero-order valence-corrected chi connectivity index (χ0v) is 19.0. The fourth-order valence-corrected chi connectivity index (χ4v) is 3.58. The number of benzene rings is 1. The van der Waals surface area contributed by atoms with E-state index in [-0.39, 0.29) is 50.5 Å². The zero-order valence-electron chi connectivity index (χ0n) is 16.7. The highest BCUT2D eigenvalue weighted by Crippen LogP contribution is 2.37. The predicted octanol–water partition coefficient (Wildman–Crippen LogP) is 6.18. The van der Waals surface area contributed by atoms with E-state index in [1.54, 1.807) is 0 Å². The van der Waals surface area contributed by atoms with Gasteiger partial charge in [-0.1, -0.05) is 46.9 Å². The molecule has 1 N–H and O–H groups in total. The quantitative estimate of drug-likeness (QED) is 0.326. The Labute approximate surface area is 199 Å². The van der Waals surface area contributed by atoms with E-state index >= 15 is 0 Å². The SMILES string of the molecule is CCC(O)COc1cc(Cl)c(-c2noc(-c3cn4cc(C(F)(F)F)cc(Cl)c4n3)n2)cc1Cl. The Morgan fingerprint density at radius 3 is 2.55 bits per heavy atom. The van der Waals surface area contributed by atoms with Crippen molar-refractivity contribution in [2.24, 2.45) is 0 Å². The number of halogens is 6. The summed E-state index contributed by atoms with van der Waals surface area (Å²) in [4.78, 5) is 8.40. The minimum Gasteiger partial charge on any atom is -0.489 e. The summed E-state index contributed by atoms with van der Waals surface area (Å²) in [5.41, 5.74) is -0.381. The Balaban J connectivity index is 1.65. The van der Waals surface area contributed by atoms with E-state index in [0.717, 1.165) is 16.7 Å². The lowest BCUT2D eigenvalue weighted by molar-refractivity contribution is -0.137. The molecule has 0 radical (unpaired) electrons. The number of hydrogen-bond acceptors (Lipinski definition) is 6. The Kier molecular flexibility index (Phi) is 6.45. The van der Waals surface area contributed by atoms with E-state index in [0.29, 0.717) is 12.0 Å². The van der Waals surface area contributed by atoms with Gasteiger partial charge in [-0.3, -0.25) is 0 Å². The van der Waals surface area contributed by atoms with Gasteiger partial charge in [-0.25, -0.2) is 4.98 Å². The molecule has 1 aromatic carbocycles. The molecule has 0 aliphatic carbocycles. The lowest BCUT2D eigenvalue weighted by Gasteiger charge is -2.12. The normalized spacial score (nSPS) is 13.0. The smallest absolute Gasteiger partial charge is 0.417 e. The summed E-state index contributed by atoms with van der Waals surface area (Å²) in [6, 6.07) is 3.72. The van der Waals surface area contributed by atoms with Crippen LogP contribution in [0.15, 0.2) is 35.1 Å². The first kappa shape index (κ1) is 23.6. The monoisotopic (exact) mass is 520 g/mol. The third-order valence-corrected chi connectivity index (χ3v) is 5.53. The van der Waals surface area contributed by atoms with Gasteiger partial charge in [0.05, 0.1) is 26.7 Å². The van der Waals surface area contributed by atoms with Gasteiger partial charge in [0, 0.05) is 24.0 Å². The highest BCUT2D eigenvalue weighted by molar-refractivity contribution is 6.36. The summed E-state index contributed by atoms with van der Waals surface area (Å²) < 4.78 is 51.0. The first-order valence-electron chi connectivity index (χ1n) is 9.46. The van der Waals surface area contributed by atoms with E-state index in [9.17, 15) is 18.3 Å². The van der Waals surface area contributed by atoms with Crippen molar-refractivity contribution in [3.8, 4) is 28.7 Å². The van der Waals surface area contributed by atoms with Crippen LogP contribution in [0, 0.1) is 0 Å². The third kappa shape index (κ3) is 4.89. The van der Waals surface area contributed by atoms with Crippen LogP contribution in [0.1, 0.15) is 18.9 Å². The number of alkyl halides is 3. The Hall–Kier alpha value is -2.53. The lowest BCUT2D eigenvalue weighted by atomic mass is 10.2. The maximum absolute atomic E-state index is 13.0. The molecular weight excluding hydrogens is 508 g/mol. The first-order chi connectivity index (χ1) is 15.6. The second-order valence-electron chi connectivity index (χ2n) is 6.99. The molecule has 0 bridgehead atoms. The van der Waals surface area contributed by atoms with Gasteiger partial charge in [0.15, 0.2) is 5.65 Å². The summed E-state index contributed by atoms with van der Waals surface area (Å²) >= 11 is 18.5. The van der Waals surface area contributed by atoms with Crippen molar-refractivity contribution >= 4 is 40.4 Å². The van der Waals surface area contributed by atoms with Crippen molar-refractivity contribution < 1.29 is 27.5 Å². The molecule has 3 heterocycles. The number of ether oxygens (including phenoxy) is 1. The third-order valence-electron chi connectivity index (χ3n) is 4.64. The molecule has 1 atom stereocenters. The number of hydrogen-bond donors (Lipinski definition) is 1. The minimum atomic E-state index is -4.57. The van der Waals surface area contributed by atoms with Gasteiger partial charge in [0.25, 0.3) is 5.89 Å². The summed E-state index contributed by atoms with van der Waals surface area (Å²) in [6.45, 7) is 1.86. The predicted molar refractivity (Wildman–Crippen MR) is 116 cm³/mol. The standard InChI is InChI=1S/C20H14Cl3F3N4O3/c1-2-10(31)8-32-16-5-12(21)11(4-13(16)22)17-28-19(33-29-17)15-7-30-6-9(20(24,25)26)3-14(23)18(30)27-15/h3-7,10,31H,2,8H2,1H3. The van der Waals surface area contributed by atoms with Crippen molar-refractivity contribution in [1.29, 1.82) is 0 Å². The van der Waals surface area contributed by atoms with Crippen molar-refractivity contribution in [3.63, 3.8) is 0 Å². The molecule has 33 heavy (non-hydrogen) atoms. The van der Waals surface area contributed by atoms with Gasteiger partial charge in [0.2, 0.25) is 5.82 Å². The van der Waals surface area contributed by atoms with Gasteiger partial charge < -0.3 is 18.8 Å². The second-order valence-corrected chi connectivity index (χ2v) is 8.21. The van der Waals surface area contributed by atoms with Crippen LogP contribution in [-0.4, -0.2) is 37.3 Å². The first-order valence-corrected chi connectivity index (χ1v) is 10.6. The van der Waals surface area contributed by atoms with Crippen LogP contribution in [0.2, 0.25) is 15.1 Å². The van der Waals surface area contributed by atoms with Crippen molar-refractivity contribution in [3.05, 3.63) is 51.2 Å². The van der Waals surface area contributed by atoms with Crippen LogP contribution in [-0.2, 0) is 6.18 Å². The molecule has 174 valence electrons. The number of rotatable bonds is 6. The van der Waals surface area contributed by atoms with Gasteiger partial charge in [-0.05, 0) is 18.6 Å². The maximum Gasteiger partial charge on any atom is 0.417 e. The molecule has 4 aromatic rings. The fraction of sp³-hybridized carbons (Fsp3) is 0.250. The molecular formula is C20H14Cl3F3N4O3. The number of aliphatic hydroxyl groups is 1. The van der Waals surface area contributed by atoms with E-state index in [1.807, 2.05) is 6.92 Å². The van der Waals surface area contributed by atoms with Crippen LogP contribution >= 0.6 is 34.8 Å². The minimum absolute atomic E-state index is 0.0464. The van der Waals surface area contributed by atoms with Gasteiger partial charge in [-0.15, -0.1) is 0 Å². The maximum atomic E-state index is 13.0. The fourth-order valence-electron chi connectivity index (χ4n) is 2.87. The van der Waals surface area contributed by atoms with Crippen LogP contribution in [0.25, 0.3) is 28.6 Å². The molecule has 0 spiro atoms. The Morgan fingerprint density at radius 1 is 1.09 bits per heavy atom. The average Bonchev–Trinajstić information content (AvgIpc) is 3.40. The zero-order chi connectivity index (χ0) is 23.9. The number of imidazole rings is 1. The van der Waals surface area contributed by atoms with Crippen LogP contribution in [0.3, 0.4) is 0 Å². The van der Waals surface area contributed by atoms with E-state index in [4.69, 9.17) is 44.1 Å². The van der Waals surface area contributed by atoms with E-state index in [2.05, 4.69) is 15.1 Å². The lowest BCUT2D eigenvalue weighted by Crippen LogP contribution is -2.16. The number of aromatic nitrogens is 4. The molecule has 0 fully saturated rings. The van der Waals surface area contributed by atoms with Gasteiger partial charge in [0.1, 0.15) is 18.1 Å². The van der Waals surface area contributed by atoms with Crippen LogP contribution in [0.4, 0.5) is 13.2 Å². The molecule has 0 amide bonds. The molecule has 3 aromatic heterocycles. The summed E-state index contributed by atoms with van der Waals surface area (Å²) in [6.07, 6.45) is -2.55. The molecule has 0 aliphatic heterocycles. The number of aliphatic hydroxyl groups excluding tert-OH is 1. The van der Waals surface area contributed by atoms with Crippen LogP contribution < -0.4 is 4.74 Å². The molecule has 4 rings (SSSR count). The molecule has 0 saturated carbocycles. The molecule has 13 heteroatoms. The van der Waals surface area contributed by atoms with Crippen molar-refractivity contribution in [2.45, 2.75) is 25.6 Å².